The average molecular weight is 387 g/mol. The van der Waals surface area contributed by atoms with Gasteiger partial charge in [0.2, 0.25) is 11.8 Å². The normalized spacial score (nSPS) is 13.1. The first kappa shape index (κ1) is 18.8. The molecule has 1 aromatic carbocycles. The van der Waals surface area contributed by atoms with Crippen LogP contribution in [0.25, 0.3) is 0 Å². The highest BCUT2D eigenvalue weighted by Crippen LogP contribution is 2.39. The van der Waals surface area contributed by atoms with E-state index in [1.165, 1.54) is 33.5 Å². The monoisotopic (exact) mass is 387 g/mol. The second kappa shape index (κ2) is 7.31. The van der Waals surface area contributed by atoms with Crippen LogP contribution in [0.1, 0.15) is 42.9 Å². The number of rotatable bonds is 4. The van der Waals surface area contributed by atoms with Gasteiger partial charge >= 0.3 is 0 Å². The Morgan fingerprint density at radius 1 is 1.22 bits per heavy atom. The molecule has 1 aliphatic rings. The summed E-state index contributed by atoms with van der Waals surface area (Å²) in [5.41, 5.74) is 0.410. The van der Waals surface area contributed by atoms with E-state index in [1.54, 1.807) is 32.9 Å². The average Bonchev–Trinajstić information content (AvgIpc) is 3.01. The standard InChI is InChI=1S/C17H17N5O4S/c1-4-13(23)20-10(3)18-15-17(20)27-16(19-21(15)14(24)5-2)11-7-6-8-12(9-11)22(25)26/h6-9H,4-5H2,1-3H3. The van der Waals surface area contributed by atoms with Crippen LogP contribution in [-0.2, 0) is 4.79 Å². The number of non-ortho nitro benzene ring substituents is 1. The number of nitrogens with zero attached hydrogens (tertiary/aromatic N) is 5. The maximum atomic E-state index is 12.4. The van der Waals surface area contributed by atoms with Crippen LogP contribution in [0, 0.1) is 17.0 Å². The molecule has 0 bridgehead atoms. The van der Waals surface area contributed by atoms with Gasteiger partial charge in [0.25, 0.3) is 5.69 Å². The molecule has 1 amide bonds. The van der Waals surface area contributed by atoms with Gasteiger partial charge in [-0.05, 0) is 18.7 Å². The number of thioether (sulfide) groups is 1. The van der Waals surface area contributed by atoms with Crippen molar-refractivity contribution >= 4 is 40.1 Å². The molecule has 0 aliphatic carbocycles. The van der Waals surface area contributed by atoms with Crippen molar-refractivity contribution in [2.75, 3.05) is 5.01 Å². The zero-order valence-electron chi connectivity index (χ0n) is 15.0. The zero-order chi connectivity index (χ0) is 19.7. The summed E-state index contributed by atoms with van der Waals surface area (Å²) in [7, 11) is 0. The van der Waals surface area contributed by atoms with Crippen molar-refractivity contribution < 1.29 is 14.5 Å². The quantitative estimate of drug-likeness (QED) is 0.587. The van der Waals surface area contributed by atoms with E-state index in [4.69, 9.17) is 0 Å². The van der Waals surface area contributed by atoms with Gasteiger partial charge in [0.1, 0.15) is 15.9 Å². The number of carbonyl (C=O) groups is 2. The SMILES string of the molecule is CCC(=O)N1N=C(c2cccc([N+](=O)[O-])c2)Sc2c1nc(C)n2C(=O)CC. The Morgan fingerprint density at radius 2 is 1.93 bits per heavy atom. The third-order valence-electron chi connectivity index (χ3n) is 3.96. The molecule has 0 unspecified atom stereocenters. The molecule has 0 fully saturated rings. The van der Waals surface area contributed by atoms with Crippen molar-refractivity contribution in [2.24, 2.45) is 5.10 Å². The van der Waals surface area contributed by atoms with Gasteiger partial charge in [-0.3, -0.25) is 24.3 Å². The molecule has 10 heteroatoms. The number of hydrazone groups is 1. The highest BCUT2D eigenvalue weighted by molar-refractivity contribution is 8.14. The molecule has 1 aliphatic heterocycles. The van der Waals surface area contributed by atoms with Crippen LogP contribution in [0.15, 0.2) is 34.4 Å². The number of hydrogen-bond donors (Lipinski definition) is 0. The van der Waals surface area contributed by atoms with Crippen molar-refractivity contribution in [2.45, 2.75) is 38.6 Å². The van der Waals surface area contributed by atoms with E-state index in [2.05, 4.69) is 10.1 Å². The van der Waals surface area contributed by atoms with Gasteiger partial charge in [-0.25, -0.2) is 4.98 Å². The Morgan fingerprint density at radius 3 is 2.56 bits per heavy atom. The number of anilines is 1. The fourth-order valence-electron chi connectivity index (χ4n) is 2.62. The Balaban J connectivity index is 2.15. The van der Waals surface area contributed by atoms with Crippen molar-refractivity contribution in [3.8, 4) is 0 Å². The predicted molar refractivity (Wildman–Crippen MR) is 101 cm³/mol. The number of amides is 1. The van der Waals surface area contributed by atoms with E-state index in [0.717, 1.165) is 0 Å². The van der Waals surface area contributed by atoms with Gasteiger partial charge in [0.05, 0.1) is 4.92 Å². The summed E-state index contributed by atoms with van der Waals surface area (Å²) < 4.78 is 1.46. The second-order valence-corrected chi connectivity index (χ2v) is 6.72. The maximum absolute atomic E-state index is 12.4. The lowest BCUT2D eigenvalue weighted by Gasteiger charge is -2.22. The molecule has 0 saturated carbocycles. The lowest BCUT2D eigenvalue weighted by Crippen LogP contribution is -2.29. The summed E-state index contributed by atoms with van der Waals surface area (Å²) in [6, 6.07) is 6.00. The number of nitro groups is 1. The van der Waals surface area contributed by atoms with Gasteiger partial charge in [0, 0.05) is 30.5 Å². The Labute approximate surface area is 159 Å². The number of fused-ring (bicyclic) bond motifs is 1. The van der Waals surface area contributed by atoms with E-state index >= 15 is 0 Å². The van der Waals surface area contributed by atoms with Crippen molar-refractivity contribution in [1.29, 1.82) is 0 Å². The highest BCUT2D eigenvalue weighted by atomic mass is 32.2. The van der Waals surface area contributed by atoms with Crippen LogP contribution in [0.5, 0.6) is 0 Å². The molecule has 27 heavy (non-hydrogen) atoms. The Bertz CT molecular complexity index is 982. The summed E-state index contributed by atoms with van der Waals surface area (Å²) in [5.74, 6) is 0.329. The predicted octanol–water partition coefficient (Wildman–Crippen LogP) is 3.36. The molecule has 2 aromatic rings. The minimum absolute atomic E-state index is 0.0794. The number of imidazole rings is 1. The first-order valence-corrected chi connectivity index (χ1v) is 9.15. The van der Waals surface area contributed by atoms with Crippen LogP contribution in [0.3, 0.4) is 0 Å². The minimum atomic E-state index is -0.493. The molecule has 0 saturated heterocycles. The number of benzene rings is 1. The van der Waals surface area contributed by atoms with E-state index in [1.807, 2.05) is 0 Å². The molecule has 1 aromatic heterocycles. The van der Waals surface area contributed by atoms with E-state index < -0.39 is 4.92 Å². The third kappa shape index (κ3) is 3.35. The van der Waals surface area contributed by atoms with Crippen molar-refractivity contribution in [1.82, 2.24) is 9.55 Å². The van der Waals surface area contributed by atoms with E-state index in [-0.39, 0.29) is 30.3 Å². The zero-order valence-corrected chi connectivity index (χ0v) is 15.8. The van der Waals surface area contributed by atoms with Crippen LogP contribution >= 0.6 is 11.8 Å². The van der Waals surface area contributed by atoms with Crippen LogP contribution in [-0.4, -0.2) is 31.3 Å². The number of carbonyl (C=O) groups excluding carboxylic acids is 2. The lowest BCUT2D eigenvalue weighted by atomic mass is 10.2. The Hall–Kier alpha value is -3.01. The largest absolute Gasteiger partial charge is 0.274 e. The van der Waals surface area contributed by atoms with Crippen LogP contribution < -0.4 is 5.01 Å². The molecule has 140 valence electrons. The number of aromatic nitrogens is 2. The third-order valence-corrected chi connectivity index (χ3v) is 5.03. The second-order valence-electron chi connectivity index (χ2n) is 5.74. The van der Waals surface area contributed by atoms with Gasteiger partial charge in [0.15, 0.2) is 5.82 Å². The van der Waals surface area contributed by atoms with Gasteiger partial charge in [-0.1, -0.05) is 26.0 Å². The van der Waals surface area contributed by atoms with Crippen LogP contribution in [0.2, 0.25) is 0 Å². The van der Waals surface area contributed by atoms with E-state index in [9.17, 15) is 19.7 Å². The van der Waals surface area contributed by atoms with Gasteiger partial charge in [-0.15, -0.1) is 0 Å². The summed E-state index contributed by atoms with van der Waals surface area (Å²) in [6.45, 7) is 5.13. The lowest BCUT2D eigenvalue weighted by molar-refractivity contribution is -0.384. The molecule has 0 atom stereocenters. The molecule has 0 N–H and O–H groups in total. The summed E-state index contributed by atoms with van der Waals surface area (Å²) in [6.07, 6.45) is 0.471. The first-order valence-electron chi connectivity index (χ1n) is 8.34. The fourth-order valence-corrected chi connectivity index (χ4v) is 3.72. The molecule has 0 spiro atoms. The van der Waals surface area contributed by atoms with E-state index in [0.29, 0.717) is 27.3 Å². The highest BCUT2D eigenvalue weighted by Gasteiger charge is 2.32. The van der Waals surface area contributed by atoms with Gasteiger partial charge < -0.3 is 0 Å². The first-order chi connectivity index (χ1) is 12.9. The maximum Gasteiger partial charge on any atom is 0.270 e. The number of aryl methyl sites for hydroxylation is 1. The number of nitro benzene ring substituents is 1. The topological polar surface area (TPSA) is 111 Å². The molecule has 9 nitrogen and oxygen atoms in total. The molecule has 0 radical (unpaired) electrons. The van der Waals surface area contributed by atoms with Crippen LogP contribution in [0.4, 0.5) is 11.5 Å². The minimum Gasteiger partial charge on any atom is -0.274 e. The number of hydrogen-bond acceptors (Lipinski definition) is 7. The molecule has 2 heterocycles. The summed E-state index contributed by atoms with van der Waals surface area (Å²) in [4.78, 5) is 39.7. The fraction of sp³-hybridized carbons (Fsp3) is 0.294. The molecular weight excluding hydrogens is 370 g/mol. The summed E-state index contributed by atoms with van der Waals surface area (Å²) in [5, 5.41) is 17.5. The van der Waals surface area contributed by atoms with Crippen molar-refractivity contribution in [3.05, 3.63) is 45.8 Å². The van der Waals surface area contributed by atoms with Crippen molar-refractivity contribution in [3.63, 3.8) is 0 Å². The smallest absolute Gasteiger partial charge is 0.270 e. The molecule has 3 rings (SSSR count). The van der Waals surface area contributed by atoms with Gasteiger partial charge in [-0.2, -0.15) is 10.1 Å². The summed E-state index contributed by atoms with van der Waals surface area (Å²) >= 11 is 1.17. The molecular formula is C17H17N5O4S. The Kier molecular flexibility index (Phi) is 5.08.